The van der Waals surface area contributed by atoms with E-state index in [-0.39, 0.29) is 6.04 Å². The summed E-state index contributed by atoms with van der Waals surface area (Å²) in [5, 5.41) is 10.2. The van der Waals surface area contributed by atoms with Gasteiger partial charge in [0.2, 0.25) is 0 Å². The van der Waals surface area contributed by atoms with Crippen LogP contribution in [0.5, 0.6) is 0 Å². The number of hydrogen-bond acceptors (Lipinski definition) is 3. The van der Waals surface area contributed by atoms with E-state index in [4.69, 9.17) is 11.6 Å². The highest BCUT2D eigenvalue weighted by molar-refractivity contribution is 6.30. The van der Waals surface area contributed by atoms with Gasteiger partial charge in [0.25, 0.3) is 0 Å². The Hall–Kier alpha value is -1.91. The van der Waals surface area contributed by atoms with Crippen molar-refractivity contribution in [2.45, 2.75) is 24.9 Å². The molecule has 1 aliphatic rings. The minimum atomic E-state index is -0.759. The molecule has 0 amide bonds. The van der Waals surface area contributed by atoms with E-state index in [1.807, 2.05) is 36.4 Å². The minimum Gasteiger partial charge on any atom is -0.480 e. The number of halogens is 1. The number of nitrogens with zero attached hydrogens (tertiary/aromatic N) is 2. The first-order chi connectivity index (χ1) is 10.7. The molecule has 0 aliphatic carbocycles. The smallest absolute Gasteiger partial charge is 0.320 e. The number of carboxylic acids is 1. The second-order valence-corrected chi connectivity index (χ2v) is 5.91. The van der Waals surface area contributed by atoms with Gasteiger partial charge >= 0.3 is 5.97 Å². The molecule has 22 heavy (non-hydrogen) atoms. The fraction of sp³-hybridized carbons (Fsp3) is 0.294. The average molecular weight is 317 g/mol. The lowest BCUT2D eigenvalue weighted by atomic mass is 9.97. The molecule has 0 radical (unpaired) electrons. The Morgan fingerprint density at radius 3 is 2.45 bits per heavy atom. The van der Waals surface area contributed by atoms with Crippen molar-refractivity contribution >= 4 is 17.6 Å². The highest BCUT2D eigenvalue weighted by atomic mass is 35.5. The van der Waals surface area contributed by atoms with E-state index in [9.17, 15) is 9.90 Å². The summed E-state index contributed by atoms with van der Waals surface area (Å²) in [6.07, 6.45) is 5.06. The lowest BCUT2D eigenvalue weighted by Crippen LogP contribution is -2.39. The molecular formula is C17H17ClN2O2. The lowest BCUT2D eigenvalue weighted by Gasteiger charge is -2.32. The third kappa shape index (κ3) is 2.98. The number of carbonyl (C=O) groups is 1. The highest BCUT2D eigenvalue weighted by Crippen LogP contribution is 2.35. The first-order valence-electron chi connectivity index (χ1n) is 7.31. The molecule has 3 rings (SSSR count). The van der Waals surface area contributed by atoms with Crippen molar-refractivity contribution in [1.29, 1.82) is 0 Å². The molecule has 114 valence electrons. The van der Waals surface area contributed by atoms with Crippen LogP contribution in [0, 0.1) is 0 Å². The normalized spacial score (nSPS) is 20.0. The van der Waals surface area contributed by atoms with Gasteiger partial charge in [-0.2, -0.15) is 0 Å². The van der Waals surface area contributed by atoms with Crippen LogP contribution in [-0.2, 0) is 4.79 Å². The third-order valence-electron chi connectivity index (χ3n) is 4.12. The summed E-state index contributed by atoms with van der Waals surface area (Å²) in [4.78, 5) is 17.7. The second kappa shape index (κ2) is 6.46. The van der Waals surface area contributed by atoms with Gasteiger partial charge in [0, 0.05) is 24.0 Å². The first kappa shape index (κ1) is 15.0. The number of likely N-dealkylation sites (tertiary alicyclic amines) is 1. The predicted molar refractivity (Wildman–Crippen MR) is 84.9 cm³/mol. The van der Waals surface area contributed by atoms with Gasteiger partial charge in [-0.3, -0.25) is 14.7 Å². The topological polar surface area (TPSA) is 53.4 Å². The van der Waals surface area contributed by atoms with Gasteiger partial charge in [0.1, 0.15) is 6.04 Å². The van der Waals surface area contributed by atoms with Gasteiger partial charge < -0.3 is 5.11 Å². The van der Waals surface area contributed by atoms with Crippen molar-refractivity contribution in [1.82, 2.24) is 9.88 Å². The van der Waals surface area contributed by atoms with E-state index in [1.54, 1.807) is 12.4 Å². The van der Waals surface area contributed by atoms with Crippen LogP contribution in [0.2, 0.25) is 5.02 Å². The Morgan fingerprint density at radius 1 is 1.18 bits per heavy atom. The highest BCUT2D eigenvalue weighted by Gasteiger charge is 2.36. The number of pyridine rings is 1. The molecule has 5 heteroatoms. The van der Waals surface area contributed by atoms with Crippen LogP contribution in [0.4, 0.5) is 0 Å². The number of hydrogen-bond donors (Lipinski definition) is 1. The molecule has 0 bridgehead atoms. The summed E-state index contributed by atoms with van der Waals surface area (Å²) in [7, 11) is 0. The van der Waals surface area contributed by atoms with Crippen LogP contribution in [0.1, 0.15) is 30.0 Å². The maximum atomic E-state index is 11.6. The summed E-state index contributed by atoms with van der Waals surface area (Å²) >= 11 is 5.98. The van der Waals surface area contributed by atoms with Gasteiger partial charge in [0.05, 0.1) is 6.04 Å². The molecule has 1 N–H and O–H groups in total. The van der Waals surface area contributed by atoms with Crippen molar-refractivity contribution < 1.29 is 9.90 Å². The maximum absolute atomic E-state index is 11.6. The van der Waals surface area contributed by atoms with Crippen molar-refractivity contribution in [3.8, 4) is 0 Å². The molecule has 2 unspecified atom stereocenters. The van der Waals surface area contributed by atoms with E-state index < -0.39 is 12.0 Å². The van der Waals surface area contributed by atoms with Crippen LogP contribution >= 0.6 is 11.6 Å². The fourth-order valence-electron chi connectivity index (χ4n) is 3.13. The number of aliphatic carboxylic acids is 1. The van der Waals surface area contributed by atoms with Gasteiger partial charge in [-0.1, -0.05) is 23.7 Å². The molecule has 0 spiro atoms. The third-order valence-corrected chi connectivity index (χ3v) is 4.37. The van der Waals surface area contributed by atoms with Crippen molar-refractivity contribution in [2.75, 3.05) is 6.54 Å². The minimum absolute atomic E-state index is 0.0936. The Morgan fingerprint density at radius 2 is 1.82 bits per heavy atom. The van der Waals surface area contributed by atoms with E-state index in [1.165, 1.54) is 0 Å². The average Bonchev–Trinajstić information content (AvgIpc) is 3.00. The Labute approximate surface area is 134 Å². The van der Waals surface area contributed by atoms with E-state index in [0.29, 0.717) is 11.4 Å². The number of rotatable bonds is 4. The van der Waals surface area contributed by atoms with Crippen LogP contribution in [0.3, 0.4) is 0 Å². The van der Waals surface area contributed by atoms with Crippen LogP contribution in [0.25, 0.3) is 0 Å². The van der Waals surface area contributed by atoms with Crippen LogP contribution < -0.4 is 0 Å². The lowest BCUT2D eigenvalue weighted by molar-refractivity contribution is -0.142. The van der Waals surface area contributed by atoms with E-state index in [0.717, 1.165) is 24.1 Å². The van der Waals surface area contributed by atoms with Gasteiger partial charge in [0.15, 0.2) is 0 Å². The Balaban J connectivity index is 2.03. The number of benzene rings is 1. The summed E-state index contributed by atoms with van der Waals surface area (Å²) in [6.45, 7) is 0.770. The molecule has 2 atom stereocenters. The van der Waals surface area contributed by atoms with E-state index in [2.05, 4.69) is 9.88 Å². The monoisotopic (exact) mass is 316 g/mol. The summed E-state index contributed by atoms with van der Waals surface area (Å²) < 4.78 is 0. The molecule has 1 aliphatic heterocycles. The molecule has 1 fully saturated rings. The van der Waals surface area contributed by atoms with Crippen molar-refractivity contribution in [2.24, 2.45) is 0 Å². The second-order valence-electron chi connectivity index (χ2n) is 5.47. The largest absolute Gasteiger partial charge is 0.480 e. The molecule has 0 saturated carbocycles. The Kier molecular flexibility index (Phi) is 4.41. The van der Waals surface area contributed by atoms with Crippen molar-refractivity contribution in [3.05, 3.63) is 64.9 Å². The zero-order chi connectivity index (χ0) is 15.5. The van der Waals surface area contributed by atoms with Crippen LogP contribution in [-0.4, -0.2) is 33.5 Å². The fourth-order valence-corrected chi connectivity index (χ4v) is 3.26. The Bertz CT molecular complexity index is 645. The molecule has 4 nitrogen and oxygen atoms in total. The van der Waals surface area contributed by atoms with Crippen molar-refractivity contribution in [3.63, 3.8) is 0 Å². The maximum Gasteiger partial charge on any atom is 0.320 e. The zero-order valence-electron chi connectivity index (χ0n) is 12.0. The van der Waals surface area contributed by atoms with Gasteiger partial charge in [-0.15, -0.1) is 0 Å². The molecule has 1 aromatic carbocycles. The van der Waals surface area contributed by atoms with Gasteiger partial charge in [-0.25, -0.2) is 0 Å². The molecule has 2 aromatic rings. The molecule has 2 heterocycles. The predicted octanol–water partition coefficient (Wildman–Crippen LogP) is 3.37. The van der Waals surface area contributed by atoms with Gasteiger partial charge in [-0.05, 0) is 48.2 Å². The number of carboxylic acid groups (broad SMARTS) is 1. The standard InChI is InChI=1S/C17H17ClN2O2/c18-14-5-3-12(4-6-14)16(13-7-9-19-10-8-13)20-11-1-2-15(20)17(21)22/h3-10,15-16H,1-2,11H2,(H,21,22). The molecule has 1 aromatic heterocycles. The summed E-state index contributed by atoms with van der Waals surface area (Å²) in [6, 6.07) is 11.0. The zero-order valence-corrected chi connectivity index (χ0v) is 12.8. The van der Waals surface area contributed by atoms with Crippen LogP contribution in [0.15, 0.2) is 48.8 Å². The quantitative estimate of drug-likeness (QED) is 0.939. The van der Waals surface area contributed by atoms with E-state index >= 15 is 0 Å². The molecular weight excluding hydrogens is 300 g/mol. The first-order valence-corrected chi connectivity index (χ1v) is 7.68. The summed E-state index contributed by atoms with van der Waals surface area (Å²) in [5.74, 6) is -0.759. The number of aromatic nitrogens is 1. The SMILES string of the molecule is O=C(O)C1CCCN1C(c1ccncc1)c1ccc(Cl)cc1. The summed E-state index contributed by atoms with van der Waals surface area (Å²) in [5.41, 5.74) is 2.09. The molecule has 1 saturated heterocycles.